The van der Waals surface area contributed by atoms with Gasteiger partial charge in [0.1, 0.15) is 0 Å². The van der Waals surface area contributed by atoms with Crippen LogP contribution in [0.1, 0.15) is 127 Å². The summed E-state index contributed by atoms with van der Waals surface area (Å²) in [6, 6.07) is 19.2. The molecule has 0 fully saturated rings. The predicted molar refractivity (Wildman–Crippen MR) is 157 cm³/mol. The molecule has 0 bridgehead atoms. The number of nitrogens with zero attached hydrogens (tertiary/aromatic N) is 3. The summed E-state index contributed by atoms with van der Waals surface area (Å²) in [5, 5.41) is 0. The fraction of sp³-hybridized carbons (Fsp3) is 0.424. The smallest absolute Gasteiger partial charge is 1.00 e. The fourth-order valence-electron chi connectivity index (χ4n) is 4.57. The van der Waals surface area contributed by atoms with Gasteiger partial charge in [-0.1, -0.05) is 97.9 Å². The molecule has 0 unspecified atom stereocenters. The average Bonchev–Trinajstić information content (AvgIpc) is 2.83. The summed E-state index contributed by atoms with van der Waals surface area (Å²) >= 11 is 0. The van der Waals surface area contributed by atoms with Crippen molar-refractivity contribution >= 4 is 22.8 Å². The van der Waals surface area contributed by atoms with E-state index >= 15 is 0 Å². The first-order chi connectivity index (χ1) is 17.0. The Bertz CT molecular complexity index is 1130. The summed E-state index contributed by atoms with van der Waals surface area (Å²) < 4.78 is 0. The normalized spacial score (nSPS) is 11.7. The predicted octanol–water partition coefficient (Wildman–Crippen LogP) is 0.866. The van der Waals surface area contributed by atoms with Crippen molar-refractivity contribution in [3.8, 4) is 0 Å². The molecular formula is C33H43Cl3N3V. The summed E-state index contributed by atoms with van der Waals surface area (Å²) in [6.07, 6.45) is 0. The van der Waals surface area contributed by atoms with Crippen molar-refractivity contribution in [3.63, 3.8) is 0 Å². The van der Waals surface area contributed by atoms with Crippen LogP contribution >= 0.6 is 0 Å². The first kappa shape index (κ1) is 40.5. The van der Waals surface area contributed by atoms with Crippen LogP contribution in [0.4, 0.5) is 11.4 Å². The van der Waals surface area contributed by atoms with Crippen molar-refractivity contribution in [1.29, 1.82) is 0 Å². The van der Waals surface area contributed by atoms with Gasteiger partial charge in [-0.25, -0.2) is 4.98 Å². The van der Waals surface area contributed by atoms with E-state index in [1.165, 1.54) is 22.3 Å². The molecule has 3 nitrogen and oxygen atoms in total. The van der Waals surface area contributed by atoms with E-state index in [-0.39, 0.29) is 55.8 Å². The SMILES string of the molecule is CC(=Nc1c(C(C)C)cccc1C(C)C)c1cccc(C(C)=Nc2c(C(C)C)cccc2C(C)C)n1.[Cl-].[Cl-].[Cl-].[V+3]. The number of hydrogen-bond donors (Lipinski definition) is 0. The van der Waals surface area contributed by atoms with Gasteiger partial charge in [0, 0.05) is 0 Å². The van der Waals surface area contributed by atoms with Crippen LogP contribution in [0, 0.1) is 0 Å². The molecule has 0 radical (unpaired) electrons. The topological polar surface area (TPSA) is 37.6 Å². The first-order valence-corrected chi connectivity index (χ1v) is 13.3. The molecule has 0 N–H and O–H groups in total. The summed E-state index contributed by atoms with van der Waals surface area (Å²) in [6.45, 7) is 22.0. The van der Waals surface area contributed by atoms with Crippen molar-refractivity contribution in [1.82, 2.24) is 4.98 Å². The van der Waals surface area contributed by atoms with Gasteiger partial charge < -0.3 is 37.2 Å². The largest absolute Gasteiger partial charge is 3.00 e. The molecule has 0 spiro atoms. The molecule has 0 saturated heterocycles. The Balaban J connectivity index is 0. The standard InChI is InChI=1S/C33H43N3.3ClH.V/c1-20(2)26-14-11-15-27(21(3)4)32(26)34-24(9)30-18-13-19-31(36-30)25(10)35-33-28(22(5)6)16-12-17-29(33)23(7)8;;;;/h11-23H,1-10H3;3*1H;/q;;;;+3/p-3. The Labute approximate surface area is 273 Å². The summed E-state index contributed by atoms with van der Waals surface area (Å²) in [7, 11) is 0. The van der Waals surface area contributed by atoms with Gasteiger partial charge in [-0.3, -0.25) is 9.98 Å². The van der Waals surface area contributed by atoms with E-state index in [4.69, 9.17) is 15.0 Å². The van der Waals surface area contributed by atoms with Gasteiger partial charge in [-0.15, -0.1) is 0 Å². The van der Waals surface area contributed by atoms with E-state index < -0.39 is 0 Å². The third kappa shape index (κ3) is 9.74. The number of pyridine rings is 1. The Morgan fingerprint density at radius 3 is 1.00 bits per heavy atom. The summed E-state index contributed by atoms with van der Waals surface area (Å²) in [5.41, 5.74) is 10.9. The van der Waals surface area contributed by atoms with Gasteiger partial charge in [0.2, 0.25) is 0 Å². The third-order valence-corrected chi connectivity index (χ3v) is 6.73. The van der Waals surface area contributed by atoms with Gasteiger partial charge >= 0.3 is 18.6 Å². The van der Waals surface area contributed by atoms with Crippen molar-refractivity contribution in [3.05, 3.63) is 88.2 Å². The molecular weight excluding hydrogens is 596 g/mol. The minimum atomic E-state index is 0. The minimum Gasteiger partial charge on any atom is -1.00 e. The van der Waals surface area contributed by atoms with Crippen molar-refractivity contribution < 1.29 is 55.8 Å². The molecule has 0 atom stereocenters. The zero-order chi connectivity index (χ0) is 26.6. The van der Waals surface area contributed by atoms with Crippen molar-refractivity contribution in [2.45, 2.75) is 92.9 Å². The van der Waals surface area contributed by atoms with E-state index in [1.54, 1.807) is 0 Å². The van der Waals surface area contributed by atoms with Crippen molar-refractivity contribution in [2.24, 2.45) is 9.98 Å². The maximum atomic E-state index is 5.15. The first-order valence-electron chi connectivity index (χ1n) is 13.3. The zero-order valence-corrected chi connectivity index (χ0v) is 29.1. The molecule has 0 saturated carbocycles. The second-order valence-electron chi connectivity index (χ2n) is 11.0. The number of hydrogen-bond acceptors (Lipinski definition) is 3. The molecule has 3 rings (SSSR count). The number of halogens is 3. The van der Waals surface area contributed by atoms with Crippen LogP contribution in [-0.2, 0) is 18.6 Å². The quantitative estimate of drug-likeness (QED) is 0.338. The summed E-state index contributed by atoms with van der Waals surface area (Å²) in [4.78, 5) is 15.3. The molecule has 7 heteroatoms. The van der Waals surface area contributed by atoms with Gasteiger partial charge in [0.25, 0.3) is 0 Å². The number of aliphatic imine (C=N–C) groups is 2. The van der Waals surface area contributed by atoms with E-state index in [0.717, 1.165) is 34.2 Å². The molecule has 0 aliphatic rings. The molecule has 0 aliphatic carbocycles. The van der Waals surface area contributed by atoms with Crippen LogP contribution in [0.15, 0.2) is 64.6 Å². The molecule has 40 heavy (non-hydrogen) atoms. The van der Waals surface area contributed by atoms with Crippen LogP contribution in [0.25, 0.3) is 0 Å². The third-order valence-electron chi connectivity index (χ3n) is 6.73. The molecule has 216 valence electrons. The minimum absolute atomic E-state index is 0. The van der Waals surface area contributed by atoms with Crippen LogP contribution in [-0.4, -0.2) is 16.4 Å². The average molecular weight is 639 g/mol. The van der Waals surface area contributed by atoms with Gasteiger partial charge in [0.15, 0.2) is 0 Å². The second kappa shape index (κ2) is 18.0. The molecule has 3 aromatic rings. The van der Waals surface area contributed by atoms with Crippen LogP contribution < -0.4 is 37.2 Å². The second-order valence-corrected chi connectivity index (χ2v) is 11.0. The molecule has 1 aromatic heterocycles. The van der Waals surface area contributed by atoms with Crippen LogP contribution in [0.3, 0.4) is 0 Å². The molecule has 2 aromatic carbocycles. The molecule has 0 aliphatic heterocycles. The maximum absolute atomic E-state index is 5.15. The maximum Gasteiger partial charge on any atom is 3.00 e. The number of rotatable bonds is 8. The Morgan fingerprint density at radius 1 is 0.500 bits per heavy atom. The summed E-state index contributed by atoms with van der Waals surface area (Å²) in [5.74, 6) is 1.61. The molecule has 0 amide bonds. The molecule has 1 heterocycles. The van der Waals surface area contributed by atoms with E-state index in [1.807, 2.05) is 12.1 Å². The van der Waals surface area contributed by atoms with Gasteiger partial charge in [-0.05, 0) is 71.9 Å². The van der Waals surface area contributed by atoms with Crippen LogP contribution in [0.2, 0.25) is 0 Å². The fourth-order valence-corrected chi connectivity index (χ4v) is 4.57. The van der Waals surface area contributed by atoms with E-state index in [0.29, 0.717) is 23.7 Å². The Kier molecular flexibility index (Phi) is 18.3. The number of benzene rings is 2. The number of aromatic nitrogens is 1. The Morgan fingerprint density at radius 2 is 0.750 bits per heavy atom. The van der Waals surface area contributed by atoms with Crippen molar-refractivity contribution in [2.75, 3.05) is 0 Å². The van der Waals surface area contributed by atoms with Crippen LogP contribution in [0.5, 0.6) is 0 Å². The van der Waals surface area contributed by atoms with E-state index in [9.17, 15) is 0 Å². The number of para-hydroxylation sites is 2. The zero-order valence-electron chi connectivity index (χ0n) is 25.4. The monoisotopic (exact) mass is 637 g/mol. The Hall–Kier alpha value is -1.62. The van der Waals surface area contributed by atoms with Gasteiger partial charge in [0.05, 0.1) is 34.2 Å². The van der Waals surface area contributed by atoms with Gasteiger partial charge in [-0.2, -0.15) is 0 Å². The van der Waals surface area contributed by atoms with E-state index in [2.05, 4.69) is 112 Å².